The summed E-state index contributed by atoms with van der Waals surface area (Å²) in [6, 6.07) is 48.2. The number of nitrogens with zero attached hydrogens (tertiary/aromatic N) is 2. The van der Waals surface area contributed by atoms with Crippen molar-refractivity contribution in [2.75, 3.05) is 4.90 Å². The molecule has 6 saturated carbocycles. The zero-order valence-corrected chi connectivity index (χ0v) is 27.9. The van der Waals surface area contributed by atoms with Crippen LogP contribution in [0.2, 0.25) is 0 Å². The highest BCUT2D eigenvalue weighted by atomic mass is 16.5. The third-order valence-electron chi connectivity index (χ3n) is 13.9. The van der Waals surface area contributed by atoms with Gasteiger partial charge < -0.3 is 14.2 Å². The Hall–Kier alpha value is -5.22. The van der Waals surface area contributed by atoms with Crippen molar-refractivity contribution in [2.24, 2.45) is 11.8 Å². The number of ether oxygens (including phenoxy) is 1. The minimum absolute atomic E-state index is 0.0973. The molecule has 3 nitrogen and oxygen atoms in total. The van der Waals surface area contributed by atoms with Gasteiger partial charge in [0.05, 0.1) is 16.7 Å². The van der Waals surface area contributed by atoms with Crippen molar-refractivity contribution >= 4 is 62.0 Å². The summed E-state index contributed by atoms with van der Waals surface area (Å²) in [7, 11) is 0. The quantitative estimate of drug-likeness (QED) is 0.178. The Morgan fingerprint density at radius 2 is 1.12 bits per heavy atom. The zero-order valence-electron chi connectivity index (χ0n) is 27.9. The Balaban J connectivity index is 1.12. The Kier molecular flexibility index (Phi) is 4.75. The Morgan fingerprint density at radius 1 is 0.520 bits per heavy atom. The first-order valence-corrected chi connectivity index (χ1v) is 18.6. The van der Waals surface area contributed by atoms with E-state index in [2.05, 4.69) is 137 Å². The van der Waals surface area contributed by atoms with Gasteiger partial charge in [-0.1, -0.05) is 78.9 Å². The van der Waals surface area contributed by atoms with Crippen LogP contribution in [0.25, 0.3) is 27.5 Å². The highest BCUT2D eigenvalue weighted by molar-refractivity contribution is 6.99. The second-order valence-corrected chi connectivity index (χ2v) is 16.5. The second kappa shape index (κ2) is 8.92. The van der Waals surface area contributed by atoms with E-state index in [0.29, 0.717) is 10.8 Å². The monoisotopic (exact) mass is 642 g/mol. The van der Waals surface area contributed by atoms with Crippen molar-refractivity contribution in [2.45, 2.75) is 49.4 Å². The van der Waals surface area contributed by atoms with E-state index in [0.717, 1.165) is 29.0 Å². The van der Waals surface area contributed by atoms with Crippen LogP contribution in [0.1, 0.15) is 49.7 Å². The number of aromatic nitrogens is 1. The average Bonchev–Trinajstić information content (AvgIpc) is 3.38. The molecule has 238 valence electrons. The van der Waals surface area contributed by atoms with E-state index in [-0.39, 0.29) is 6.71 Å². The number of anilines is 3. The van der Waals surface area contributed by atoms with Crippen LogP contribution in [0.4, 0.5) is 17.1 Å². The lowest BCUT2D eigenvalue weighted by Gasteiger charge is -2.62. The molecule has 1 aromatic heterocycles. The van der Waals surface area contributed by atoms with Crippen LogP contribution in [-0.2, 0) is 10.8 Å². The summed E-state index contributed by atoms with van der Waals surface area (Å²) in [5, 5.41) is 2.69. The van der Waals surface area contributed by atoms with Gasteiger partial charge in [0.15, 0.2) is 0 Å². The molecule has 50 heavy (non-hydrogen) atoms. The molecule has 0 saturated heterocycles. The predicted molar refractivity (Wildman–Crippen MR) is 205 cm³/mol. The van der Waals surface area contributed by atoms with Crippen LogP contribution in [-0.4, -0.2) is 11.3 Å². The first-order valence-electron chi connectivity index (χ1n) is 18.6. The lowest BCUT2D eigenvalue weighted by atomic mass is 9.34. The summed E-state index contributed by atoms with van der Waals surface area (Å²) >= 11 is 0. The highest BCUT2D eigenvalue weighted by Gasteiger charge is 2.58. The van der Waals surface area contributed by atoms with E-state index in [4.69, 9.17) is 4.74 Å². The molecular formula is C46H35BN2O. The maximum absolute atomic E-state index is 6.97. The molecule has 3 heterocycles. The number of benzene rings is 6. The zero-order chi connectivity index (χ0) is 32.3. The van der Waals surface area contributed by atoms with Crippen molar-refractivity contribution in [1.29, 1.82) is 0 Å². The smallest absolute Gasteiger partial charge is 0.256 e. The fraction of sp³-hybridized carbons (Fsp3) is 0.217. The van der Waals surface area contributed by atoms with E-state index in [1.54, 1.807) is 0 Å². The van der Waals surface area contributed by atoms with Gasteiger partial charge in [0.2, 0.25) is 0 Å². The van der Waals surface area contributed by atoms with Crippen LogP contribution < -0.4 is 26.0 Å². The van der Waals surface area contributed by atoms with Gasteiger partial charge in [0.1, 0.15) is 11.5 Å². The predicted octanol–water partition coefficient (Wildman–Crippen LogP) is 9.29. The first-order chi connectivity index (χ1) is 24.6. The standard InChI is InChI=1S/C46H35BN2O/c1-2-8-32(9-3-1)48-38-12-6-4-10-36(38)47-37-11-5-7-13-42(37)50-43-21-33(20-41(48)44(43)47)49-39-18-30(45-22-28(23-45)24-45)14-16-34(39)35-17-15-31(19-40(35)49)46-25-29(26-46)27-46/h1-21,28-29H,22-27H2. The molecule has 0 unspecified atom stereocenters. The third-order valence-corrected chi connectivity index (χ3v) is 13.9. The van der Waals surface area contributed by atoms with Crippen LogP contribution in [0, 0.1) is 11.8 Å². The molecule has 8 aliphatic rings. The molecule has 0 atom stereocenters. The fourth-order valence-electron chi connectivity index (χ4n) is 11.2. The fourth-order valence-corrected chi connectivity index (χ4v) is 11.2. The number of para-hydroxylation sites is 3. The van der Waals surface area contributed by atoms with E-state index in [1.165, 1.54) is 105 Å². The van der Waals surface area contributed by atoms with Crippen molar-refractivity contribution in [1.82, 2.24) is 4.57 Å². The Labute approximate surface area is 292 Å². The van der Waals surface area contributed by atoms with Gasteiger partial charge in [-0.15, -0.1) is 0 Å². The molecule has 0 N–H and O–H groups in total. The van der Waals surface area contributed by atoms with Crippen LogP contribution in [0.5, 0.6) is 11.5 Å². The summed E-state index contributed by atoms with van der Waals surface area (Å²) in [6.45, 7) is 0.0973. The van der Waals surface area contributed by atoms with Gasteiger partial charge in [-0.05, 0) is 131 Å². The lowest BCUT2D eigenvalue weighted by molar-refractivity contribution is -0.0273. The van der Waals surface area contributed by atoms with Crippen LogP contribution in [0.3, 0.4) is 0 Å². The minimum atomic E-state index is 0.0973. The van der Waals surface area contributed by atoms with E-state index >= 15 is 0 Å². The molecule has 4 bridgehead atoms. The number of hydrogen-bond acceptors (Lipinski definition) is 2. The molecule has 6 fully saturated rings. The Morgan fingerprint density at radius 3 is 1.76 bits per heavy atom. The number of hydrogen-bond donors (Lipinski definition) is 0. The third kappa shape index (κ3) is 3.20. The van der Waals surface area contributed by atoms with Gasteiger partial charge in [0, 0.05) is 33.9 Å². The summed E-state index contributed by atoms with van der Waals surface area (Å²) in [5.74, 6) is 3.80. The molecule has 0 spiro atoms. The van der Waals surface area contributed by atoms with Crippen molar-refractivity contribution in [3.8, 4) is 17.2 Å². The van der Waals surface area contributed by atoms with Gasteiger partial charge >= 0.3 is 0 Å². The molecule has 4 heteroatoms. The topological polar surface area (TPSA) is 17.4 Å². The molecular weight excluding hydrogens is 607 g/mol. The molecule has 6 aromatic carbocycles. The molecule has 2 aliphatic heterocycles. The number of fused-ring (bicyclic) bond motifs is 7. The first kappa shape index (κ1) is 26.6. The van der Waals surface area contributed by atoms with Crippen molar-refractivity contribution in [3.05, 3.63) is 139 Å². The van der Waals surface area contributed by atoms with Gasteiger partial charge in [-0.3, -0.25) is 0 Å². The SMILES string of the molecule is c1ccc(N2c3ccccc3B3c4ccccc4Oc4cc(-n5c6cc(C78CC(C7)C8)ccc6c6ccc(C78CC(C7)C8)cc65)cc2c43)cc1. The molecule has 0 radical (unpaired) electrons. The Bertz CT molecular complexity index is 2520. The summed E-state index contributed by atoms with van der Waals surface area (Å²) in [5.41, 5.74) is 15.0. The maximum atomic E-state index is 6.97. The largest absolute Gasteiger partial charge is 0.458 e. The maximum Gasteiger partial charge on any atom is 0.256 e. The lowest BCUT2D eigenvalue weighted by Crippen LogP contribution is -2.59. The molecule has 6 aliphatic carbocycles. The second-order valence-electron chi connectivity index (χ2n) is 16.5. The molecule has 7 aromatic rings. The van der Waals surface area contributed by atoms with Gasteiger partial charge in [-0.25, -0.2) is 0 Å². The number of rotatable bonds is 4. The highest BCUT2D eigenvalue weighted by Crippen LogP contribution is 2.66. The van der Waals surface area contributed by atoms with Gasteiger partial charge in [-0.2, -0.15) is 0 Å². The normalized spacial score (nSPS) is 25.8. The molecule has 0 amide bonds. The average molecular weight is 643 g/mol. The molecule has 15 rings (SSSR count). The van der Waals surface area contributed by atoms with E-state index in [1.807, 2.05) is 0 Å². The van der Waals surface area contributed by atoms with E-state index in [9.17, 15) is 0 Å². The van der Waals surface area contributed by atoms with Crippen LogP contribution in [0.15, 0.2) is 127 Å². The van der Waals surface area contributed by atoms with Crippen molar-refractivity contribution in [3.63, 3.8) is 0 Å². The minimum Gasteiger partial charge on any atom is -0.458 e. The summed E-state index contributed by atoms with van der Waals surface area (Å²) < 4.78 is 9.56. The van der Waals surface area contributed by atoms with Crippen molar-refractivity contribution < 1.29 is 4.74 Å². The van der Waals surface area contributed by atoms with Gasteiger partial charge in [0.25, 0.3) is 6.71 Å². The summed E-state index contributed by atoms with van der Waals surface area (Å²) in [4.78, 5) is 2.47. The summed E-state index contributed by atoms with van der Waals surface area (Å²) in [6.07, 6.45) is 8.14. The van der Waals surface area contributed by atoms with Crippen LogP contribution >= 0.6 is 0 Å². The van der Waals surface area contributed by atoms with E-state index < -0.39 is 0 Å².